The van der Waals surface area contributed by atoms with E-state index in [1.807, 2.05) is 49.4 Å². The van der Waals surface area contributed by atoms with Crippen molar-refractivity contribution in [3.05, 3.63) is 54.1 Å². The standard InChI is InChI=1S/C15H17NO2S/c1-12-7-8-13(16)11-15(12)19(17)10-9-18-14-5-3-2-4-6-14/h2-8,11H,9-10,16H2,1H3. The molecule has 2 rings (SSSR count). The normalized spacial score (nSPS) is 12.1. The average molecular weight is 275 g/mol. The van der Waals surface area contributed by atoms with E-state index in [0.29, 0.717) is 18.0 Å². The van der Waals surface area contributed by atoms with Gasteiger partial charge in [0.1, 0.15) is 12.4 Å². The Labute approximate surface area is 115 Å². The number of anilines is 1. The molecule has 0 amide bonds. The molecule has 2 aromatic rings. The van der Waals surface area contributed by atoms with E-state index in [0.717, 1.165) is 16.2 Å². The van der Waals surface area contributed by atoms with Gasteiger partial charge in [0.15, 0.2) is 0 Å². The summed E-state index contributed by atoms with van der Waals surface area (Å²) in [5.74, 6) is 1.25. The van der Waals surface area contributed by atoms with E-state index in [2.05, 4.69) is 0 Å². The Kier molecular flexibility index (Phi) is 4.58. The Morgan fingerprint density at radius 1 is 1.16 bits per heavy atom. The van der Waals surface area contributed by atoms with E-state index in [-0.39, 0.29) is 0 Å². The van der Waals surface area contributed by atoms with Crippen LogP contribution < -0.4 is 10.5 Å². The summed E-state index contributed by atoms with van der Waals surface area (Å²) in [6.07, 6.45) is 0. The minimum Gasteiger partial charge on any atom is -0.493 e. The quantitative estimate of drug-likeness (QED) is 0.854. The minimum atomic E-state index is -1.08. The van der Waals surface area contributed by atoms with Crippen molar-refractivity contribution in [2.24, 2.45) is 0 Å². The Balaban J connectivity index is 1.93. The molecule has 1 atom stereocenters. The molecule has 0 radical (unpaired) electrons. The number of nitrogens with two attached hydrogens (primary N) is 1. The minimum absolute atomic E-state index is 0.421. The predicted octanol–water partition coefficient (Wildman–Crippen LogP) is 2.76. The lowest BCUT2D eigenvalue weighted by molar-refractivity contribution is 0.342. The molecule has 0 saturated carbocycles. The number of aryl methyl sites for hydroxylation is 1. The molecule has 100 valence electrons. The summed E-state index contributed by atoms with van der Waals surface area (Å²) >= 11 is 0. The van der Waals surface area contributed by atoms with E-state index in [9.17, 15) is 4.21 Å². The summed E-state index contributed by atoms with van der Waals surface area (Å²) < 4.78 is 17.7. The van der Waals surface area contributed by atoms with Crippen molar-refractivity contribution in [3.63, 3.8) is 0 Å². The smallest absolute Gasteiger partial charge is 0.119 e. The number of ether oxygens (including phenoxy) is 1. The average Bonchev–Trinajstić information content (AvgIpc) is 2.42. The largest absolute Gasteiger partial charge is 0.493 e. The van der Waals surface area contributed by atoms with Gasteiger partial charge in [-0.25, -0.2) is 0 Å². The number of para-hydroxylation sites is 1. The fraction of sp³-hybridized carbons (Fsp3) is 0.200. The maximum Gasteiger partial charge on any atom is 0.119 e. The van der Waals surface area contributed by atoms with Crippen LogP contribution in [0.4, 0.5) is 5.69 Å². The molecule has 0 saturated heterocycles. The Hall–Kier alpha value is -1.81. The molecular formula is C15H17NO2S. The first-order valence-corrected chi connectivity index (χ1v) is 7.41. The van der Waals surface area contributed by atoms with Gasteiger partial charge in [-0.1, -0.05) is 24.3 Å². The fourth-order valence-corrected chi connectivity index (χ4v) is 2.87. The van der Waals surface area contributed by atoms with Crippen LogP contribution in [0.25, 0.3) is 0 Å². The molecule has 4 heteroatoms. The molecule has 0 aliphatic heterocycles. The molecule has 19 heavy (non-hydrogen) atoms. The molecule has 1 unspecified atom stereocenters. The van der Waals surface area contributed by atoms with Crippen LogP contribution in [0, 0.1) is 6.92 Å². The first-order chi connectivity index (χ1) is 9.16. The van der Waals surface area contributed by atoms with Crippen LogP contribution in [-0.4, -0.2) is 16.6 Å². The van der Waals surface area contributed by atoms with Crippen LogP contribution in [-0.2, 0) is 10.8 Å². The zero-order chi connectivity index (χ0) is 13.7. The Morgan fingerprint density at radius 3 is 2.63 bits per heavy atom. The highest BCUT2D eigenvalue weighted by Gasteiger charge is 2.08. The summed E-state index contributed by atoms with van der Waals surface area (Å²) in [5, 5.41) is 0. The van der Waals surface area contributed by atoms with Crippen molar-refractivity contribution >= 4 is 16.5 Å². The highest BCUT2D eigenvalue weighted by atomic mass is 32.2. The first kappa shape index (κ1) is 13.6. The van der Waals surface area contributed by atoms with Gasteiger partial charge in [0.05, 0.1) is 16.6 Å². The predicted molar refractivity (Wildman–Crippen MR) is 78.8 cm³/mol. The van der Waals surface area contributed by atoms with Gasteiger partial charge in [0, 0.05) is 10.6 Å². The maximum absolute atomic E-state index is 12.2. The van der Waals surface area contributed by atoms with Crippen LogP contribution in [0.15, 0.2) is 53.4 Å². The lowest BCUT2D eigenvalue weighted by Crippen LogP contribution is -2.09. The summed E-state index contributed by atoms with van der Waals surface area (Å²) in [6, 6.07) is 15.0. The number of rotatable bonds is 5. The molecule has 2 aromatic carbocycles. The van der Waals surface area contributed by atoms with Crippen molar-refractivity contribution in [3.8, 4) is 5.75 Å². The molecular weight excluding hydrogens is 258 g/mol. The summed E-state index contributed by atoms with van der Waals surface area (Å²) in [7, 11) is -1.08. The Bertz CT molecular complexity index is 570. The molecule has 0 fully saturated rings. The van der Waals surface area contributed by atoms with Crippen molar-refractivity contribution in [2.75, 3.05) is 18.1 Å². The van der Waals surface area contributed by atoms with Crippen molar-refractivity contribution in [1.29, 1.82) is 0 Å². The molecule has 0 aromatic heterocycles. The first-order valence-electron chi connectivity index (χ1n) is 6.09. The van der Waals surface area contributed by atoms with E-state index in [1.54, 1.807) is 6.07 Å². The van der Waals surface area contributed by atoms with Crippen molar-refractivity contribution in [1.82, 2.24) is 0 Å². The molecule has 3 nitrogen and oxygen atoms in total. The van der Waals surface area contributed by atoms with Crippen LogP contribution in [0.5, 0.6) is 5.75 Å². The lowest BCUT2D eigenvalue weighted by Gasteiger charge is -2.08. The zero-order valence-electron chi connectivity index (χ0n) is 10.8. The van der Waals surface area contributed by atoms with Gasteiger partial charge in [-0.05, 0) is 36.8 Å². The third kappa shape index (κ3) is 3.83. The SMILES string of the molecule is Cc1ccc(N)cc1S(=O)CCOc1ccccc1. The third-order valence-electron chi connectivity index (χ3n) is 2.74. The molecule has 0 spiro atoms. The maximum atomic E-state index is 12.2. The van der Waals surface area contributed by atoms with E-state index in [4.69, 9.17) is 10.5 Å². The zero-order valence-corrected chi connectivity index (χ0v) is 11.7. The van der Waals surface area contributed by atoms with Gasteiger partial charge < -0.3 is 10.5 Å². The van der Waals surface area contributed by atoms with Crippen LogP contribution in [0.1, 0.15) is 5.56 Å². The number of hydrogen-bond acceptors (Lipinski definition) is 3. The van der Waals surface area contributed by atoms with Crippen molar-refractivity contribution < 1.29 is 8.95 Å². The molecule has 2 N–H and O–H groups in total. The summed E-state index contributed by atoms with van der Waals surface area (Å²) in [5.41, 5.74) is 7.35. The van der Waals surface area contributed by atoms with Gasteiger partial charge in [0.2, 0.25) is 0 Å². The third-order valence-corrected chi connectivity index (χ3v) is 4.21. The number of nitrogen functional groups attached to an aromatic ring is 1. The molecule has 0 heterocycles. The van der Waals surface area contributed by atoms with E-state index < -0.39 is 10.8 Å². The monoisotopic (exact) mass is 275 g/mol. The van der Waals surface area contributed by atoms with Gasteiger partial charge in [0.25, 0.3) is 0 Å². The topological polar surface area (TPSA) is 52.3 Å². The van der Waals surface area contributed by atoms with E-state index in [1.165, 1.54) is 0 Å². The fourth-order valence-electron chi connectivity index (χ4n) is 1.72. The highest BCUT2D eigenvalue weighted by Crippen LogP contribution is 2.17. The van der Waals surface area contributed by atoms with Crippen LogP contribution >= 0.6 is 0 Å². The van der Waals surface area contributed by atoms with Crippen LogP contribution in [0.2, 0.25) is 0 Å². The summed E-state index contributed by atoms with van der Waals surface area (Å²) in [4.78, 5) is 0.789. The molecule has 0 aliphatic rings. The second-order valence-corrected chi connectivity index (χ2v) is 5.78. The van der Waals surface area contributed by atoms with Gasteiger partial charge in [-0.15, -0.1) is 0 Å². The van der Waals surface area contributed by atoms with Gasteiger partial charge in [-0.3, -0.25) is 4.21 Å². The molecule has 0 aliphatic carbocycles. The van der Waals surface area contributed by atoms with E-state index >= 15 is 0 Å². The number of hydrogen-bond donors (Lipinski definition) is 1. The second-order valence-electron chi connectivity index (χ2n) is 4.24. The van der Waals surface area contributed by atoms with Crippen LogP contribution in [0.3, 0.4) is 0 Å². The van der Waals surface area contributed by atoms with Crippen molar-refractivity contribution in [2.45, 2.75) is 11.8 Å². The molecule has 0 bridgehead atoms. The Morgan fingerprint density at radius 2 is 1.89 bits per heavy atom. The number of benzene rings is 2. The lowest BCUT2D eigenvalue weighted by atomic mass is 10.2. The second kappa shape index (κ2) is 6.38. The van der Waals surface area contributed by atoms with Gasteiger partial charge in [-0.2, -0.15) is 0 Å². The summed E-state index contributed by atoms with van der Waals surface area (Å²) in [6.45, 7) is 2.36. The van der Waals surface area contributed by atoms with Gasteiger partial charge >= 0.3 is 0 Å². The highest BCUT2D eigenvalue weighted by molar-refractivity contribution is 7.85.